The van der Waals surface area contributed by atoms with Crippen LogP contribution in [-0.4, -0.2) is 45.7 Å². The molecule has 5 heteroatoms. The van der Waals surface area contributed by atoms with Gasteiger partial charge in [0.25, 0.3) is 0 Å². The Kier molecular flexibility index (Phi) is 4.69. The summed E-state index contributed by atoms with van der Waals surface area (Å²) in [5.74, 6) is -1.37. The third-order valence-electron chi connectivity index (χ3n) is 5.52. The molecule has 0 unspecified atom stereocenters. The summed E-state index contributed by atoms with van der Waals surface area (Å²) in [5, 5.41) is 20.4. The van der Waals surface area contributed by atoms with Crippen molar-refractivity contribution < 1.29 is 19.8 Å². The van der Waals surface area contributed by atoms with Gasteiger partial charge in [-0.15, -0.1) is 0 Å². The van der Waals surface area contributed by atoms with Crippen molar-refractivity contribution >= 4 is 11.9 Å². The molecule has 1 heterocycles. The Labute approximate surface area is 148 Å². The summed E-state index contributed by atoms with van der Waals surface area (Å²) in [6.07, 6.45) is 5.54. The zero-order chi connectivity index (χ0) is 18.1. The number of piperidine rings is 1. The molecule has 0 spiro atoms. The second kappa shape index (κ2) is 6.64. The first-order valence-electron chi connectivity index (χ1n) is 8.80. The Balaban J connectivity index is 1.65. The fourth-order valence-electron chi connectivity index (χ4n) is 3.90. The van der Waals surface area contributed by atoms with Gasteiger partial charge in [0.05, 0.1) is 5.60 Å². The highest BCUT2D eigenvalue weighted by atomic mass is 16.4. The molecule has 2 N–H and O–H groups in total. The number of carboxylic acids is 1. The number of hydrogen-bond acceptors (Lipinski definition) is 3. The number of likely N-dealkylation sites (tertiary alicyclic amines) is 1. The number of aliphatic hydroxyl groups is 1. The third kappa shape index (κ3) is 3.47. The molecular weight excluding hydrogens is 318 g/mol. The van der Waals surface area contributed by atoms with Crippen molar-refractivity contribution in [1.29, 1.82) is 0 Å². The van der Waals surface area contributed by atoms with Gasteiger partial charge < -0.3 is 15.1 Å². The number of benzene rings is 1. The van der Waals surface area contributed by atoms with Crippen LogP contribution in [0.5, 0.6) is 0 Å². The minimum Gasteiger partial charge on any atom is -0.480 e. The summed E-state index contributed by atoms with van der Waals surface area (Å²) < 4.78 is 0. The smallest absolute Gasteiger partial charge is 0.319 e. The van der Waals surface area contributed by atoms with Gasteiger partial charge in [0.1, 0.15) is 0 Å². The van der Waals surface area contributed by atoms with Gasteiger partial charge in [0.2, 0.25) is 5.91 Å². The maximum absolute atomic E-state index is 12.8. The Hall–Kier alpha value is -2.14. The van der Waals surface area contributed by atoms with E-state index in [0.717, 1.165) is 11.1 Å². The Bertz CT molecular complexity index is 693. The maximum atomic E-state index is 12.8. The van der Waals surface area contributed by atoms with Gasteiger partial charge in [0, 0.05) is 19.5 Å². The number of hydrogen-bond donors (Lipinski definition) is 2. The van der Waals surface area contributed by atoms with Crippen LogP contribution in [0.3, 0.4) is 0 Å². The van der Waals surface area contributed by atoms with Gasteiger partial charge in [-0.3, -0.25) is 9.59 Å². The molecule has 134 valence electrons. The quantitative estimate of drug-likeness (QED) is 0.650. The molecule has 25 heavy (non-hydrogen) atoms. The number of aryl methyl sites for hydroxylation is 1. The molecule has 1 aliphatic carbocycles. The van der Waals surface area contributed by atoms with Crippen molar-refractivity contribution in [1.82, 2.24) is 4.90 Å². The van der Waals surface area contributed by atoms with Gasteiger partial charge >= 0.3 is 5.97 Å². The summed E-state index contributed by atoms with van der Waals surface area (Å²) in [5.41, 5.74) is 0.0658. The second-order valence-corrected chi connectivity index (χ2v) is 7.45. The largest absolute Gasteiger partial charge is 0.480 e. The van der Waals surface area contributed by atoms with Crippen LogP contribution in [0.25, 0.3) is 0 Å². The summed E-state index contributed by atoms with van der Waals surface area (Å²) >= 11 is 0. The number of carbonyl (C=O) groups excluding carboxylic acids is 1. The van der Waals surface area contributed by atoms with Crippen LogP contribution in [0, 0.1) is 12.3 Å². The molecule has 1 aromatic rings. The molecule has 0 saturated carbocycles. The Morgan fingerprint density at radius 3 is 2.36 bits per heavy atom. The van der Waals surface area contributed by atoms with Crippen LogP contribution < -0.4 is 0 Å². The number of allylic oxidation sites excluding steroid dienone is 2. The predicted octanol–water partition coefficient (Wildman–Crippen LogP) is 2.31. The van der Waals surface area contributed by atoms with Gasteiger partial charge in [-0.05, 0) is 38.2 Å². The standard InChI is InChI=1S/C20H25NO4/c1-15-5-4-6-16(13-15)14-19(25)9-11-21(12-10-19)17(22)20(18(23)24)7-2-3-8-20/h2-6,13,25H,7-12,14H2,1H3,(H,23,24). The molecule has 0 radical (unpaired) electrons. The average molecular weight is 343 g/mol. The molecule has 1 aromatic carbocycles. The SMILES string of the molecule is Cc1cccc(CC2(O)CCN(C(=O)C3(C(=O)O)CC=CC3)CC2)c1. The van der Waals surface area contributed by atoms with Crippen LogP contribution in [0.4, 0.5) is 0 Å². The lowest BCUT2D eigenvalue weighted by Gasteiger charge is -2.41. The van der Waals surface area contributed by atoms with E-state index < -0.39 is 17.0 Å². The number of amides is 1. The Morgan fingerprint density at radius 1 is 1.16 bits per heavy atom. The molecule has 0 bridgehead atoms. The molecule has 1 amide bonds. The molecule has 1 aliphatic heterocycles. The molecule has 1 fully saturated rings. The molecule has 0 aromatic heterocycles. The molecule has 5 nitrogen and oxygen atoms in total. The highest BCUT2D eigenvalue weighted by Crippen LogP contribution is 2.37. The number of aliphatic carboxylic acids is 1. The lowest BCUT2D eigenvalue weighted by molar-refractivity contribution is -0.161. The third-order valence-corrected chi connectivity index (χ3v) is 5.52. The fourth-order valence-corrected chi connectivity index (χ4v) is 3.90. The Morgan fingerprint density at radius 2 is 1.80 bits per heavy atom. The molecule has 0 atom stereocenters. The first kappa shape index (κ1) is 17.7. The highest BCUT2D eigenvalue weighted by molar-refractivity contribution is 6.02. The van der Waals surface area contributed by atoms with Gasteiger partial charge in [-0.1, -0.05) is 42.0 Å². The molecule has 1 saturated heterocycles. The average Bonchev–Trinajstić information content (AvgIpc) is 3.06. The minimum absolute atomic E-state index is 0.255. The summed E-state index contributed by atoms with van der Waals surface area (Å²) in [6, 6.07) is 8.08. The monoisotopic (exact) mass is 343 g/mol. The summed E-state index contributed by atoms with van der Waals surface area (Å²) in [7, 11) is 0. The molecule has 3 rings (SSSR count). The van der Waals surface area contributed by atoms with Crippen LogP contribution in [0.2, 0.25) is 0 Å². The molecular formula is C20H25NO4. The minimum atomic E-state index is -1.34. The van der Waals surface area contributed by atoms with Crippen LogP contribution >= 0.6 is 0 Å². The van der Waals surface area contributed by atoms with Gasteiger partial charge in [-0.2, -0.15) is 0 Å². The van der Waals surface area contributed by atoms with Crippen LogP contribution in [0.15, 0.2) is 36.4 Å². The lowest BCUT2D eigenvalue weighted by atomic mass is 9.81. The predicted molar refractivity (Wildman–Crippen MR) is 94.1 cm³/mol. The van der Waals surface area contributed by atoms with Crippen LogP contribution in [-0.2, 0) is 16.0 Å². The molecule has 2 aliphatic rings. The number of carboxylic acid groups (broad SMARTS) is 1. The number of nitrogens with zero attached hydrogens (tertiary/aromatic N) is 1. The first-order valence-corrected chi connectivity index (χ1v) is 8.80. The number of carbonyl (C=O) groups is 2. The van der Waals surface area contributed by atoms with E-state index in [9.17, 15) is 19.8 Å². The van der Waals surface area contributed by atoms with E-state index in [-0.39, 0.29) is 18.7 Å². The lowest BCUT2D eigenvalue weighted by Crippen LogP contribution is -2.53. The first-order chi connectivity index (χ1) is 11.8. The van der Waals surface area contributed by atoms with Crippen molar-refractivity contribution in [3.8, 4) is 0 Å². The zero-order valence-corrected chi connectivity index (χ0v) is 14.6. The van der Waals surface area contributed by atoms with Crippen molar-refractivity contribution in [2.45, 2.75) is 44.6 Å². The zero-order valence-electron chi connectivity index (χ0n) is 14.6. The summed E-state index contributed by atoms with van der Waals surface area (Å²) in [4.78, 5) is 26.1. The fraction of sp³-hybridized carbons (Fsp3) is 0.500. The maximum Gasteiger partial charge on any atom is 0.319 e. The van der Waals surface area contributed by atoms with E-state index in [1.807, 2.05) is 25.1 Å². The van der Waals surface area contributed by atoms with E-state index in [2.05, 4.69) is 6.07 Å². The van der Waals surface area contributed by atoms with E-state index in [4.69, 9.17) is 0 Å². The van der Waals surface area contributed by atoms with E-state index >= 15 is 0 Å². The van der Waals surface area contributed by atoms with Crippen molar-refractivity contribution in [2.24, 2.45) is 5.41 Å². The van der Waals surface area contributed by atoms with Crippen molar-refractivity contribution in [3.05, 3.63) is 47.5 Å². The highest BCUT2D eigenvalue weighted by Gasteiger charge is 2.49. The van der Waals surface area contributed by atoms with Gasteiger partial charge in [-0.25, -0.2) is 0 Å². The summed E-state index contributed by atoms with van der Waals surface area (Å²) in [6.45, 7) is 2.82. The second-order valence-electron chi connectivity index (χ2n) is 7.45. The topological polar surface area (TPSA) is 77.8 Å². The normalized spacial score (nSPS) is 21.3. The number of rotatable bonds is 4. The van der Waals surface area contributed by atoms with E-state index in [1.54, 1.807) is 17.1 Å². The van der Waals surface area contributed by atoms with Gasteiger partial charge in [0.15, 0.2) is 5.41 Å². The van der Waals surface area contributed by atoms with Crippen molar-refractivity contribution in [2.75, 3.05) is 13.1 Å². The van der Waals surface area contributed by atoms with Crippen molar-refractivity contribution in [3.63, 3.8) is 0 Å². The van der Waals surface area contributed by atoms with Crippen LogP contribution in [0.1, 0.15) is 36.8 Å². The van der Waals surface area contributed by atoms with E-state index in [0.29, 0.717) is 32.4 Å². The van der Waals surface area contributed by atoms with E-state index in [1.165, 1.54) is 0 Å².